The third-order valence-corrected chi connectivity index (χ3v) is 3.69. The largest absolute Gasteiger partial charge is 0.396 e. The van der Waals surface area contributed by atoms with Crippen LogP contribution in [-0.4, -0.2) is 52.8 Å². The Bertz CT molecular complexity index is 368. The van der Waals surface area contributed by atoms with Crippen LogP contribution in [-0.2, 0) is 6.42 Å². The van der Waals surface area contributed by atoms with Crippen molar-refractivity contribution in [3.8, 4) is 0 Å². The average Bonchev–Trinajstić information content (AvgIpc) is 2.48. The van der Waals surface area contributed by atoms with Gasteiger partial charge in [0.15, 0.2) is 0 Å². The van der Waals surface area contributed by atoms with E-state index in [1.165, 1.54) is 6.42 Å². The van der Waals surface area contributed by atoms with Gasteiger partial charge in [-0.3, -0.25) is 0 Å². The fourth-order valence-electron chi connectivity index (χ4n) is 2.46. The van der Waals surface area contributed by atoms with Crippen molar-refractivity contribution in [1.82, 2.24) is 14.9 Å². The molecule has 5 nitrogen and oxygen atoms in total. The Labute approximate surface area is 115 Å². The van der Waals surface area contributed by atoms with Crippen molar-refractivity contribution < 1.29 is 5.11 Å². The number of anilines is 1. The zero-order chi connectivity index (χ0) is 13.5. The first-order chi connectivity index (χ1) is 9.31. The number of aliphatic hydroxyl groups is 1. The van der Waals surface area contributed by atoms with Crippen LogP contribution in [0.15, 0.2) is 12.4 Å². The molecular formula is C14H24N4O. The van der Waals surface area contributed by atoms with Crippen molar-refractivity contribution in [2.24, 2.45) is 5.92 Å². The molecule has 5 heteroatoms. The van der Waals surface area contributed by atoms with Gasteiger partial charge in [-0.1, -0.05) is 6.92 Å². The summed E-state index contributed by atoms with van der Waals surface area (Å²) in [5, 5.41) is 12.4. The molecule has 0 amide bonds. The van der Waals surface area contributed by atoms with Crippen molar-refractivity contribution in [3.63, 3.8) is 0 Å². The van der Waals surface area contributed by atoms with Crippen LogP contribution < -0.4 is 5.32 Å². The van der Waals surface area contributed by atoms with Gasteiger partial charge in [0.05, 0.1) is 0 Å². The molecule has 0 aromatic carbocycles. The second kappa shape index (κ2) is 7.40. The minimum atomic E-state index is 0.311. The quantitative estimate of drug-likeness (QED) is 0.807. The molecule has 2 N–H and O–H groups in total. The summed E-state index contributed by atoms with van der Waals surface area (Å²) >= 11 is 0. The van der Waals surface area contributed by atoms with E-state index in [0.29, 0.717) is 18.5 Å². The van der Waals surface area contributed by atoms with E-state index in [1.807, 2.05) is 12.4 Å². The van der Waals surface area contributed by atoms with Gasteiger partial charge in [0.25, 0.3) is 0 Å². The van der Waals surface area contributed by atoms with Crippen molar-refractivity contribution in [1.29, 1.82) is 0 Å². The van der Waals surface area contributed by atoms with Gasteiger partial charge in [-0.2, -0.15) is 0 Å². The zero-order valence-corrected chi connectivity index (χ0v) is 11.7. The molecule has 1 aromatic rings. The lowest BCUT2D eigenvalue weighted by Gasteiger charge is -2.31. The van der Waals surface area contributed by atoms with E-state index >= 15 is 0 Å². The molecule has 2 heterocycles. The summed E-state index contributed by atoms with van der Waals surface area (Å²) in [4.78, 5) is 11.0. The maximum Gasteiger partial charge on any atom is 0.222 e. The van der Waals surface area contributed by atoms with Crippen molar-refractivity contribution in [2.45, 2.75) is 26.2 Å². The normalized spacial score (nSPS) is 20.4. The molecule has 0 spiro atoms. The lowest BCUT2D eigenvalue weighted by Crippen LogP contribution is -2.39. The number of hydrogen-bond acceptors (Lipinski definition) is 5. The molecule has 1 aliphatic heterocycles. The highest BCUT2D eigenvalue weighted by Gasteiger charge is 2.18. The van der Waals surface area contributed by atoms with Crippen LogP contribution in [0.25, 0.3) is 0 Å². The molecule has 2 rings (SSSR count). The van der Waals surface area contributed by atoms with E-state index in [9.17, 15) is 5.11 Å². The maximum absolute atomic E-state index is 9.20. The predicted octanol–water partition coefficient (Wildman–Crippen LogP) is 1.16. The van der Waals surface area contributed by atoms with Crippen LogP contribution in [0.3, 0.4) is 0 Å². The van der Waals surface area contributed by atoms with Crippen LogP contribution in [0.1, 0.15) is 25.3 Å². The molecular weight excluding hydrogens is 240 g/mol. The Morgan fingerprint density at radius 3 is 2.89 bits per heavy atom. The van der Waals surface area contributed by atoms with E-state index in [0.717, 1.165) is 44.6 Å². The first-order valence-electron chi connectivity index (χ1n) is 7.19. The van der Waals surface area contributed by atoms with E-state index in [2.05, 4.69) is 27.1 Å². The molecule has 0 aliphatic carbocycles. The van der Waals surface area contributed by atoms with Gasteiger partial charge in [0.2, 0.25) is 5.95 Å². The Kier molecular flexibility index (Phi) is 5.54. The third-order valence-electron chi connectivity index (χ3n) is 3.69. The highest BCUT2D eigenvalue weighted by molar-refractivity contribution is 5.24. The predicted molar refractivity (Wildman–Crippen MR) is 76.1 cm³/mol. The molecule has 1 aliphatic rings. The molecule has 106 valence electrons. The van der Waals surface area contributed by atoms with Crippen molar-refractivity contribution >= 4 is 5.95 Å². The van der Waals surface area contributed by atoms with Gasteiger partial charge >= 0.3 is 0 Å². The fraction of sp³-hybridized carbons (Fsp3) is 0.714. The second-order valence-electron chi connectivity index (χ2n) is 5.19. The molecule has 1 unspecified atom stereocenters. The number of aliphatic hydroxyl groups excluding tert-OH is 1. The minimum absolute atomic E-state index is 0.311. The van der Waals surface area contributed by atoms with Crippen molar-refractivity contribution in [2.75, 3.05) is 38.1 Å². The average molecular weight is 264 g/mol. The third kappa shape index (κ3) is 4.44. The van der Waals surface area contributed by atoms with E-state index in [4.69, 9.17) is 0 Å². The summed E-state index contributed by atoms with van der Waals surface area (Å²) in [7, 11) is 0. The molecule has 19 heavy (non-hydrogen) atoms. The van der Waals surface area contributed by atoms with E-state index < -0.39 is 0 Å². The second-order valence-corrected chi connectivity index (χ2v) is 5.19. The Morgan fingerprint density at radius 2 is 2.21 bits per heavy atom. The smallest absolute Gasteiger partial charge is 0.222 e. The van der Waals surface area contributed by atoms with Gasteiger partial charge < -0.3 is 15.3 Å². The first kappa shape index (κ1) is 14.2. The van der Waals surface area contributed by atoms with Gasteiger partial charge in [-0.25, -0.2) is 9.97 Å². The summed E-state index contributed by atoms with van der Waals surface area (Å²) in [5.41, 5.74) is 1.16. The van der Waals surface area contributed by atoms with Crippen LogP contribution >= 0.6 is 0 Å². The summed E-state index contributed by atoms with van der Waals surface area (Å²) in [6, 6.07) is 0. The molecule has 1 atom stereocenters. The summed E-state index contributed by atoms with van der Waals surface area (Å²) in [5.74, 6) is 1.15. The maximum atomic E-state index is 9.20. The molecule has 0 saturated carbocycles. The summed E-state index contributed by atoms with van der Waals surface area (Å²) < 4.78 is 0. The lowest BCUT2D eigenvalue weighted by atomic mass is 9.99. The molecule has 1 aromatic heterocycles. The first-order valence-corrected chi connectivity index (χ1v) is 7.19. The number of nitrogens with zero attached hydrogens (tertiary/aromatic N) is 3. The SMILES string of the molecule is CCc1cnc(NCCN2CCCC(CO)C2)nc1. The van der Waals surface area contributed by atoms with Crippen LogP contribution in [0.2, 0.25) is 0 Å². The van der Waals surface area contributed by atoms with Gasteiger partial charge in [0, 0.05) is 38.6 Å². The Balaban J connectivity index is 1.70. The molecule has 0 radical (unpaired) electrons. The highest BCUT2D eigenvalue weighted by atomic mass is 16.3. The Morgan fingerprint density at radius 1 is 1.42 bits per heavy atom. The number of aryl methyl sites for hydroxylation is 1. The number of likely N-dealkylation sites (tertiary alicyclic amines) is 1. The van der Waals surface area contributed by atoms with Crippen molar-refractivity contribution in [3.05, 3.63) is 18.0 Å². The standard InChI is InChI=1S/C14H24N4O/c1-2-12-8-16-14(17-9-12)15-5-7-18-6-3-4-13(10-18)11-19/h8-9,13,19H,2-7,10-11H2,1H3,(H,15,16,17). The topological polar surface area (TPSA) is 61.3 Å². The Hall–Kier alpha value is -1.20. The monoisotopic (exact) mass is 264 g/mol. The van der Waals surface area contributed by atoms with Crippen LogP contribution in [0, 0.1) is 5.92 Å². The lowest BCUT2D eigenvalue weighted by molar-refractivity contribution is 0.123. The minimum Gasteiger partial charge on any atom is -0.396 e. The van der Waals surface area contributed by atoms with Gasteiger partial charge in [-0.15, -0.1) is 0 Å². The van der Waals surface area contributed by atoms with Crippen LogP contribution in [0.5, 0.6) is 0 Å². The van der Waals surface area contributed by atoms with E-state index in [1.54, 1.807) is 0 Å². The number of aromatic nitrogens is 2. The summed E-state index contributed by atoms with van der Waals surface area (Å²) in [6.45, 7) is 6.38. The zero-order valence-electron chi connectivity index (χ0n) is 11.7. The number of rotatable bonds is 6. The molecule has 1 saturated heterocycles. The molecule has 1 fully saturated rings. The fourth-order valence-corrected chi connectivity index (χ4v) is 2.46. The van der Waals surface area contributed by atoms with E-state index in [-0.39, 0.29) is 0 Å². The number of piperidine rings is 1. The van der Waals surface area contributed by atoms with Crippen LogP contribution in [0.4, 0.5) is 5.95 Å². The number of nitrogens with one attached hydrogen (secondary N) is 1. The number of hydrogen-bond donors (Lipinski definition) is 2. The highest BCUT2D eigenvalue weighted by Crippen LogP contribution is 2.15. The van der Waals surface area contributed by atoms with Gasteiger partial charge in [0.1, 0.15) is 0 Å². The van der Waals surface area contributed by atoms with Gasteiger partial charge in [-0.05, 0) is 37.3 Å². The summed E-state index contributed by atoms with van der Waals surface area (Å²) in [6.07, 6.45) is 7.06. The molecule has 0 bridgehead atoms.